The number of carboxylic acids is 1. The van der Waals surface area contributed by atoms with Crippen molar-refractivity contribution >= 4 is 23.5 Å². The summed E-state index contributed by atoms with van der Waals surface area (Å²) in [6, 6.07) is 13.7. The summed E-state index contributed by atoms with van der Waals surface area (Å²) in [5.41, 5.74) is 1.85. The molecule has 2 fully saturated rings. The van der Waals surface area contributed by atoms with E-state index in [4.69, 9.17) is 11.6 Å². The second kappa shape index (κ2) is 8.77. The van der Waals surface area contributed by atoms with E-state index < -0.39 is 17.7 Å². The highest BCUT2D eigenvalue weighted by molar-refractivity contribution is 6.30. The molecule has 176 valence electrons. The molecule has 1 saturated carbocycles. The number of aromatic carboxylic acids is 1. The molecule has 2 aromatic rings. The average molecular weight is 469 g/mol. The third-order valence-corrected chi connectivity index (χ3v) is 7.84. The summed E-state index contributed by atoms with van der Waals surface area (Å²) in [5.74, 6) is -0.301. The molecule has 4 rings (SSSR count). The Bertz CT molecular complexity index is 1040. The molecule has 0 radical (unpaired) electrons. The number of carboxylic acid groups (broad SMARTS) is 1. The Hall–Kier alpha value is -2.37. The van der Waals surface area contributed by atoms with Gasteiger partial charge in [0.1, 0.15) is 6.04 Å². The van der Waals surface area contributed by atoms with Gasteiger partial charge in [-0.2, -0.15) is 0 Å². The van der Waals surface area contributed by atoms with Crippen molar-refractivity contribution in [2.75, 3.05) is 0 Å². The van der Waals surface area contributed by atoms with Crippen LogP contribution in [0.4, 0.5) is 0 Å². The molecule has 2 aliphatic rings. The van der Waals surface area contributed by atoms with Gasteiger partial charge in [0, 0.05) is 5.02 Å². The highest BCUT2D eigenvalue weighted by atomic mass is 35.5. The first-order valence-corrected chi connectivity index (χ1v) is 12.1. The Morgan fingerprint density at radius 3 is 2.33 bits per heavy atom. The minimum Gasteiger partial charge on any atom is -0.478 e. The molecule has 1 amide bonds. The number of amides is 1. The van der Waals surface area contributed by atoms with Gasteiger partial charge in [0.15, 0.2) is 0 Å². The van der Waals surface area contributed by atoms with Gasteiger partial charge < -0.3 is 10.0 Å². The van der Waals surface area contributed by atoms with Crippen LogP contribution >= 0.6 is 11.6 Å². The first-order chi connectivity index (χ1) is 15.5. The summed E-state index contributed by atoms with van der Waals surface area (Å²) in [6.07, 6.45) is 3.87. The molecule has 6 heteroatoms. The van der Waals surface area contributed by atoms with Crippen LogP contribution in [0, 0.1) is 11.3 Å². The molecule has 1 spiro atoms. The molecule has 0 aromatic heterocycles. The lowest BCUT2D eigenvalue weighted by Crippen LogP contribution is -2.55. The number of nitrogens with zero attached hydrogens (tertiary/aromatic N) is 1. The van der Waals surface area contributed by atoms with Crippen LogP contribution in [0.15, 0.2) is 48.5 Å². The lowest BCUT2D eigenvalue weighted by atomic mass is 9.69. The molecule has 33 heavy (non-hydrogen) atoms. The van der Waals surface area contributed by atoms with Gasteiger partial charge in [-0.25, -0.2) is 4.79 Å². The number of rotatable bonds is 4. The van der Waals surface area contributed by atoms with E-state index in [1.54, 1.807) is 12.1 Å². The van der Waals surface area contributed by atoms with Crippen molar-refractivity contribution in [3.05, 3.63) is 70.2 Å². The lowest BCUT2D eigenvalue weighted by Gasteiger charge is -2.48. The van der Waals surface area contributed by atoms with Gasteiger partial charge in [-0.3, -0.25) is 10.1 Å². The van der Waals surface area contributed by atoms with Crippen molar-refractivity contribution in [3.8, 4) is 0 Å². The predicted octanol–water partition coefficient (Wildman–Crippen LogP) is 6.20. The van der Waals surface area contributed by atoms with Crippen molar-refractivity contribution in [1.29, 1.82) is 0 Å². The minimum atomic E-state index is -0.953. The van der Waals surface area contributed by atoms with Crippen LogP contribution in [0.5, 0.6) is 0 Å². The van der Waals surface area contributed by atoms with E-state index in [-0.39, 0.29) is 22.9 Å². The summed E-state index contributed by atoms with van der Waals surface area (Å²) in [4.78, 5) is 27.2. The fraction of sp³-hybridized carbons (Fsp3) is 0.481. The fourth-order valence-corrected chi connectivity index (χ4v) is 5.82. The molecule has 1 aliphatic heterocycles. The number of hydrogen-bond donors (Lipinski definition) is 2. The Balaban J connectivity index is 1.69. The van der Waals surface area contributed by atoms with Gasteiger partial charge in [-0.05, 0) is 79.3 Å². The predicted molar refractivity (Wildman–Crippen MR) is 130 cm³/mol. The molecule has 2 unspecified atom stereocenters. The third kappa shape index (κ3) is 4.53. The Kier molecular flexibility index (Phi) is 6.32. The van der Waals surface area contributed by atoms with E-state index in [2.05, 4.69) is 26.1 Å². The summed E-state index contributed by atoms with van der Waals surface area (Å²) < 4.78 is 0. The van der Waals surface area contributed by atoms with Crippen LogP contribution in [-0.2, 0) is 4.79 Å². The van der Waals surface area contributed by atoms with Gasteiger partial charge in [0.2, 0.25) is 5.91 Å². The summed E-state index contributed by atoms with van der Waals surface area (Å²) in [6.45, 7) is 8.92. The third-order valence-electron chi connectivity index (χ3n) is 7.61. The maximum atomic E-state index is 13.9. The molecule has 5 nitrogen and oxygen atoms in total. The van der Waals surface area contributed by atoms with Gasteiger partial charge in [0.25, 0.3) is 0 Å². The Morgan fingerprint density at radius 2 is 1.79 bits per heavy atom. The van der Waals surface area contributed by atoms with Crippen molar-refractivity contribution < 1.29 is 14.7 Å². The SMILES string of the molecule is CC(c1ccc(C(=O)O)cc1)N1C(=O)C(c2cccc(Cl)c2)NC12CCC(C(C)(C)C)CC2. The standard InChI is InChI=1S/C27H33ClN2O3/c1-17(18-8-10-19(11-9-18)25(32)33)30-24(31)23(20-6-5-7-22(28)16-20)29-27(30)14-12-21(13-15-27)26(2,3)4/h5-11,16-17,21,23,29H,12-15H2,1-4H3,(H,32,33). The van der Waals surface area contributed by atoms with Crippen LogP contribution in [0.25, 0.3) is 0 Å². The largest absolute Gasteiger partial charge is 0.478 e. The summed E-state index contributed by atoms with van der Waals surface area (Å²) in [7, 11) is 0. The first-order valence-electron chi connectivity index (χ1n) is 11.7. The van der Waals surface area contributed by atoms with Gasteiger partial charge >= 0.3 is 5.97 Å². The topological polar surface area (TPSA) is 69.6 Å². The van der Waals surface area contributed by atoms with Crippen LogP contribution in [0.1, 0.15) is 86.9 Å². The zero-order valence-corrected chi connectivity index (χ0v) is 20.5. The fourth-order valence-electron chi connectivity index (χ4n) is 5.62. The molecular formula is C27H33ClN2O3. The number of hydrogen-bond acceptors (Lipinski definition) is 3. The number of nitrogens with one attached hydrogen (secondary N) is 1. The zero-order chi connectivity index (χ0) is 24.0. The molecule has 1 saturated heterocycles. The summed E-state index contributed by atoms with van der Waals surface area (Å²) in [5, 5.41) is 13.6. The molecule has 2 atom stereocenters. The van der Waals surface area contributed by atoms with E-state index in [0.29, 0.717) is 10.9 Å². The van der Waals surface area contributed by atoms with Gasteiger partial charge in [-0.1, -0.05) is 56.6 Å². The number of carbonyl (C=O) groups is 2. The monoisotopic (exact) mass is 468 g/mol. The van der Waals surface area contributed by atoms with Crippen LogP contribution in [0.3, 0.4) is 0 Å². The maximum Gasteiger partial charge on any atom is 0.335 e. The number of halogens is 1. The molecule has 2 N–H and O–H groups in total. The van der Waals surface area contributed by atoms with Crippen molar-refractivity contribution in [3.63, 3.8) is 0 Å². The van der Waals surface area contributed by atoms with Gasteiger partial charge in [-0.15, -0.1) is 0 Å². The average Bonchev–Trinajstić information content (AvgIpc) is 3.04. The van der Waals surface area contributed by atoms with Crippen LogP contribution < -0.4 is 5.32 Å². The van der Waals surface area contributed by atoms with Crippen LogP contribution in [0.2, 0.25) is 5.02 Å². The second-order valence-corrected chi connectivity index (χ2v) is 11.1. The Morgan fingerprint density at radius 1 is 1.15 bits per heavy atom. The number of carbonyl (C=O) groups excluding carboxylic acids is 1. The van der Waals surface area contributed by atoms with E-state index in [1.165, 1.54) is 0 Å². The molecule has 1 aliphatic carbocycles. The highest BCUT2D eigenvalue weighted by Gasteiger charge is 2.54. The quantitative estimate of drug-likeness (QED) is 0.560. The second-order valence-electron chi connectivity index (χ2n) is 10.6. The molecule has 2 aromatic carbocycles. The minimum absolute atomic E-state index is 0.0429. The Labute approximate surface area is 201 Å². The first kappa shape index (κ1) is 23.8. The molecular weight excluding hydrogens is 436 g/mol. The number of benzene rings is 2. The molecule has 1 heterocycles. The summed E-state index contributed by atoms with van der Waals surface area (Å²) >= 11 is 6.25. The molecule has 0 bridgehead atoms. The smallest absolute Gasteiger partial charge is 0.335 e. The lowest BCUT2D eigenvalue weighted by molar-refractivity contribution is -0.136. The van der Waals surface area contributed by atoms with E-state index in [0.717, 1.165) is 36.8 Å². The van der Waals surface area contributed by atoms with Crippen LogP contribution in [-0.4, -0.2) is 27.5 Å². The van der Waals surface area contributed by atoms with Gasteiger partial charge in [0.05, 0.1) is 17.3 Å². The highest BCUT2D eigenvalue weighted by Crippen LogP contribution is 2.49. The van der Waals surface area contributed by atoms with E-state index in [9.17, 15) is 14.7 Å². The normalized spacial score (nSPS) is 26.6. The zero-order valence-electron chi connectivity index (χ0n) is 19.8. The van der Waals surface area contributed by atoms with Crippen molar-refractivity contribution in [2.45, 2.75) is 71.1 Å². The van der Waals surface area contributed by atoms with Crippen molar-refractivity contribution in [1.82, 2.24) is 10.2 Å². The van der Waals surface area contributed by atoms with E-state index in [1.807, 2.05) is 48.2 Å². The maximum absolute atomic E-state index is 13.9. The van der Waals surface area contributed by atoms with E-state index >= 15 is 0 Å². The van der Waals surface area contributed by atoms with Crippen molar-refractivity contribution in [2.24, 2.45) is 11.3 Å².